The first-order valence-electron chi connectivity index (χ1n) is 9.41. The van der Waals surface area contributed by atoms with Crippen molar-refractivity contribution in [3.05, 3.63) is 29.8 Å². The monoisotopic (exact) mass is 358 g/mol. The number of hydrogen-bond donors (Lipinski definition) is 0. The van der Waals surface area contributed by atoms with Crippen LogP contribution in [-0.4, -0.2) is 53.8 Å². The van der Waals surface area contributed by atoms with Crippen molar-refractivity contribution in [1.29, 1.82) is 0 Å². The second-order valence-electron chi connectivity index (χ2n) is 7.07. The maximum absolute atomic E-state index is 12.8. The van der Waals surface area contributed by atoms with Crippen molar-refractivity contribution in [2.75, 3.05) is 26.2 Å². The van der Waals surface area contributed by atoms with Crippen LogP contribution in [0.3, 0.4) is 0 Å². The highest BCUT2D eigenvalue weighted by molar-refractivity contribution is 5.94. The fourth-order valence-corrected chi connectivity index (χ4v) is 3.81. The average Bonchev–Trinajstić information content (AvgIpc) is 3.05. The van der Waals surface area contributed by atoms with Crippen LogP contribution in [0.4, 0.5) is 0 Å². The molecule has 2 fully saturated rings. The smallest absolute Gasteiger partial charge is 0.308 e. The molecular formula is C20H26N2O4. The van der Waals surface area contributed by atoms with Crippen molar-refractivity contribution in [2.24, 2.45) is 5.92 Å². The number of hydrogen-bond acceptors (Lipinski definition) is 4. The fourth-order valence-electron chi connectivity index (χ4n) is 3.81. The number of nitrogens with zero attached hydrogens (tertiary/aromatic N) is 2. The molecule has 0 N–H and O–H groups in total. The van der Waals surface area contributed by atoms with Crippen LogP contribution in [0, 0.1) is 5.92 Å². The largest absolute Gasteiger partial charge is 0.427 e. The summed E-state index contributed by atoms with van der Waals surface area (Å²) in [5.41, 5.74) is 0.499. The fraction of sp³-hybridized carbons (Fsp3) is 0.550. The van der Waals surface area contributed by atoms with E-state index >= 15 is 0 Å². The molecule has 26 heavy (non-hydrogen) atoms. The molecule has 2 amide bonds. The summed E-state index contributed by atoms with van der Waals surface area (Å²) in [6, 6.07) is 6.68. The number of carbonyl (C=O) groups excluding carboxylic acids is 3. The van der Waals surface area contributed by atoms with Crippen LogP contribution in [0.2, 0.25) is 0 Å². The minimum atomic E-state index is -0.412. The zero-order valence-corrected chi connectivity index (χ0v) is 15.3. The third-order valence-electron chi connectivity index (χ3n) is 5.14. The summed E-state index contributed by atoms with van der Waals surface area (Å²) in [6.45, 7) is 3.80. The Bertz CT molecular complexity index is 682. The lowest BCUT2D eigenvalue weighted by atomic mass is 10.1. The third-order valence-corrected chi connectivity index (χ3v) is 5.14. The molecule has 6 heteroatoms. The van der Waals surface area contributed by atoms with Gasteiger partial charge in [0.25, 0.3) is 5.91 Å². The number of ether oxygens (including phenoxy) is 1. The summed E-state index contributed by atoms with van der Waals surface area (Å²) in [5.74, 6) is 0.308. The summed E-state index contributed by atoms with van der Waals surface area (Å²) in [7, 11) is 0. The lowest BCUT2D eigenvalue weighted by molar-refractivity contribution is -0.135. The Morgan fingerprint density at radius 2 is 1.65 bits per heavy atom. The van der Waals surface area contributed by atoms with E-state index in [2.05, 4.69) is 0 Å². The SMILES string of the molecule is CC(=O)Oc1cccc(C(=O)N2CCCN(C(=O)C3CCCC3)CC2)c1. The molecule has 0 radical (unpaired) electrons. The molecule has 2 aliphatic rings. The van der Waals surface area contributed by atoms with Gasteiger partial charge in [0, 0.05) is 44.6 Å². The topological polar surface area (TPSA) is 66.9 Å². The molecule has 3 rings (SSSR count). The van der Waals surface area contributed by atoms with Crippen LogP contribution >= 0.6 is 0 Å². The van der Waals surface area contributed by atoms with Crippen LogP contribution in [-0.2, 0) is 9.59 Å². The lowest BCUT2D eigenvalue weighted by Gasteiger charge is -2.24. The van der Waals surface area contributed by atoms with Gasteiger partial charge in [-0.3, -0.25) is 14.4 Å². The number of carbonyl (C=O) groups is 3. The van der Waals surface area contributed by atoms with Gasteiger partial charge < -0.3 is 14.5 Å². The Kier molecular flexibility index (Phi) is 5.91. The van der Waals surface area contributed by atoms with E-state index in [-0.39, 0.29) is 17.7 Å². The maximum atomic E-state index is 12.8. The van der Waals surface area contributed by atoms with E-state index in [1.807, 2.05) is 4.90 Å². The van der Waals surface area contributed by atoms with Crippen LogP contribution < -0.4 is 4.74 Å². The first kappa shape index (κ1) is 18.4. The minimum absolute atomic E-state index is 0.0887. The van der Waals surface area contributed by atoms with Gasteiger partial charge in [-0.1, -0.05) is 18.9 Å². The molecule has 1 aliphatic carbocycles. The molecule has 1 aliphatic heterocycles. The number of amides is 2. The van der Waals surface area contributed by atoms with E-state index in [0.29, 0.717) is 37.5 Å². The summed E-state index contributed by atoms with van der Waals surface area (Å²) < 4.78 is 5.06. The zero-order valence-electron chi connectivity index (χ0n) is 15.3. The summed E-state index contributed by atoms with van der Waals surface area (Å²) in [6.07, 6.45) is 5.08. The maximum Gasteiger partial charge on any atom is 0.308 e. The second kappa shape index (κ2) is 8.34. The molecule has 0 spiro atoms. The first-order valence-corrected chi connectivity index (χ1v) is 9.41. The molecule has 1 saturated heterocycles. The van der Waals surface area contributed by atoms with Gasteiger partial charge in [0.05, 0.1) is 0 Å². The van der Waals surface area contributed by atoms with Crippen molar-refractivity contribution in [3.63, 3.8) is 0 Å². The minimum Gasteiger partial charge on any atom is -0.427 e. The second-order valence-corrected chi connectivity index (χ2v) is 7.07. The van der Waals surface area contributed by atoms with Gasteiger partial charge in [0.2, 0.25) is 5.91 Å². The Hall–Kier alpha value is -2.37. The quantitative estimate of drug-likeness (QED) is 0.615. The molecule has 1 saturated carbocycles. The molecule has 0 bridgehead atoms. The Morgan fingerprint density at radius 3 is 2.38 bits per heavy atom. The first-order chi connectivity index (χ1) is 12.5. The Labute approximate surface area is 154 Å². The van der Waals surface area contributed by atoms with Crippen molar-refractivity contribution in [1.82, 2.24) is 9.80 Å². The standard InChI is InChI=1S/C20H26N2O4/c1-15(23)26-18-9-4-8-17(14-18)20(25)22-11-5-10-21(12-13-22)19(24)16-6-2-3-7-16/h4,8-9,14,16H,2-3,5-7,10-13H2,1H3. The van der Waals surface area contributed by atoms with E-state index < -0.39 is 5.97 Å². The van der Waals surface area contributed by atoms with Gasteiger partial charge >= 0.3 is 5.97 Å². The van der Waals surface area contributed by atoms with Gasteiger partial charge in [-0.25, -0.2) is 0 Å². The summed E-state index contributed by atoms with van der Waals surface area (Å²) >= 11 is 0. The highest BCUT2D eigenvalue weighted by atomic mass is 16.5. The van der Waals surface area contributed by atoms with Gasteiger partial charge in [0.1, 0.15) is 5.75 Å². The highest BCUT2D eigenvalue weighted by Crippen LogP contribution is 2.27. The van der Waals surface area contributed by atoms with Gasteiger partial charge in [0.15, 0.2) is 0 Å². The van der Waals surface area contributed by atoms with Crippen molar-refractivity contribution >= 4 is 17.8 Å². The van der Waals surface area contributed by atoms with E-state index in [1.54, 1.807) is 29.2 Å². The van der Waals surface area contributed by atoms with Crippen molar-refractivity contribution in [2.45, 2.75) is 39.0 Å². The zero-order chi connectivity index (χ0) is 18.5. The molecule has 0 atom stereocenters. The third kappa shape index (κ3) is 4.42. The van der Waals surface area contributed by atoms with Crippen molar-refractivity contribution < 1.29 is 19.1 Å². The van der Waals surface area contributed by atoms with E-state index in [1.165, 1.54) is 6.92 Å². The van der Waals surface area contributed by atoms with Crippen LogP contribution in [0.1, 0.15) is 49.4 Å². The average molecular weight is 358 g/mol. The van der Waals surface area contributed by atoms with E-state index in [0.717, 1.165) is 32.1 Å². The van der Waals surface area contributed by atoms with Gasteiger partial charge in [-0.15, -0.1) is 0 Å². The predicted octanol–water partition coefficient (Wildman–Crippen LogP) is 2.48. The van der Waals surface area contributed by atoms with Crippen LogP contribution in [0.15, 0.2) is 24.3 Å². The van der Waals surface area contributed by atoms with Crippen LogP contribution in [0.25, 0.3) is 0 Å². The normalized spacial score (nSPS) is 18.5. The lowest BCUT2D eigenvalue weighted by Crippen LogP contribution is -2.39. The molecule has 140 valence electrons. The summed E-state index contributed by atoms with van der Waals surface area (Å²) in [5, 5.41) is 0. The molecule has 1 heterocycles. The Balaban J connectivity index is 1.62. The van der Waals surface area contributed by atoms with Gasteiger partial charge in [-0.2, -0.15) is 0 Å². The molecule has 6 nitrogen and oxygen atoms in total. The molecule has 1 aromatic carbocycles. The molecule has 0 unspecified atom stereocenters. The molecule has 0 aromatic heterocycles. The van der Waals surface area contributed by atoms with E-state index in [4.69, 9.17) is 4.74 Å². The van der Waals surface area contributed by atoms with Crippen molar-refractivity contribution in [3.8, 4) is 5.75 Å². The number of rotatable bonds is 3. The van der Waals surface area contributed by atoms with E-state index in [9.17, 15) is 14.4 Å². The van der Waals surface area contributed by atoms with Gasteiger partial charge in [-0.05, 0) is 37.5 Å². The molecule has 1 aromatic rings. The summed E-state index contributed by atoms with van der Waals surface area (Å²) in [4.78, 5) is 40.2. The van der Waals surface area contributed by atoms with Crippen LogP contribution in [0.5, 0.6) is 5.75 Å². The number of esters is 1. The number of benzene rings is 1. The predicted molar refractivity (Wildman–Crippen MR) is 96.8 cm³/mol. The Morgan fingerprint density at radius 1 is 0.962 bits per heavy atom. The molecular weight excluding hydrogens is 332 g/mol. The highest BCUT2D eigenvalue weighted by Gasteiger charge is 2.29.